The van der Waals surface area contributed by atoms with Gasteiger partial charge in [-0.25, -0.2) is 4.79 Å². The molecule has 4 unspecified atom stereocenters. The lowest BCUT2D eigenvalue weighted by Gasteiger charge is -2.66. The molecule has 0 amide bonds. The second-order valence-electron chi connectivity index (χ2n) is 15.3. The molecule has 9 atom stereocenters. The second kappa shape index (κ2) is 10.4. The predicted octanol–water partition coefficient (Wildman–Crippen LogP) is 4.73. The Bertz CT molecular complexity index is 1410. The molecule has 44 heavy (non-hydrogen) atoms. The van der Waals surface area contributed by atoms with Gasteiger partial charge in [-0.15, -0.1) is 0 Å². The van der Waals surface area contributed by atoms with E-state index in [9.17, 15) is 14.7 Å². The van der Waals surface area contributed by atoms with Crippen molar-refractivity contribution in [2.24, 2.45) is 17.3 Å². The van der Waals surface area contributed by atoms with Crippen LogP contribution in [-0.4, -0.2) is 81.7 Å². The number of benzene rings is 1. The fraction of sp³-hybridized carbons (Fsp3) is 0.667. The van der Waals surface area contributed by atoms with Crippen molar-refractivity contribution < 1.29 is 42.6 Å². The van der Waals surface area contributed by atoms with Gasteiger partial charge in [0.1, 0.15) is 23.9 Å². The number of rotatable bonds is 3. The van der Waals surface area contributed by atoms with Crippen molar-refractivity contribution in [3.63, 3.8) is 0 Å². The van der Waals surface area contributed by atoms with Gasteiger partial charge in [0, 0.05) is 19.8 Å². The van der Waals surface area contributed by atoms with Crippen molar-refractivity contribution in [2.45, 2.75) is 114 Å². The predicted molar refractivity (Wildman–Crippen MR) is 167 cm³/mol. The number of hydrogen-bond donors (Lipinski definition) is 1. The van der Waals surface area contributed by atoms with Gasteiger partial charge in [-0.05, 0) is 75.7 Å². The Balaban J connectivity index is 1.64. The summed E-state index contributed by atoms with van der Waals surface area (Å²) in [6.45, 7) is 15.9. The lowest BCUT2D eigenvalue weighted by Crippen LogP contribution is -2.80. The molecule has 1 aromatic carbocycles. The number of Topliss-reactive ketones (excluding diaryl/α,β-unsaturated/α-hetero) is 1. The molecule has 4 fully saturated rings. The fourth-order valence-electron chi connectivity index (χ4n) is 9.23. The molecular weight excluding hydrogens is 597 g/mol. The van der Waals surface area contributed by atoms with Crippen LogP contribution in [0, 0.1) is 17.3 Å². The Morgan fingerprint density at radius 1 is 1.05 bits per heavy atom. The van der Waals surface area contributed by atoms with E-state index in [0.717, 1.165) is 16.8 Å². The summed E-state index contributed by atoms with van der Waals surface area (Å²) < 4.78 is 32.8. The highest BCUT2D eigenvalue weighted by atomic mass is 28.4. The molecule has 1 aromatic rings. The van der Waals surface area contributed by atoms with Gasteiger partial charge in [0.15, 0.2) is 28.0 Å². The van der Waals surface area contributed by atoms with Crippen molar-refractivity contribution in [3.8, 4) is 0 Å². The first-order chi connectivity index (χ1) is 20.4. The van der Waals surface area contributed by atoms with Crippen LogP contribution < -0.4 is 0 Å². The van der Waals surface area contributed by atoms with Crippen LogP contribution >= 0.6 is 0 Å². The van der Waals surface area contributed by atoms with E-state index in [2.05, 4.69) is 26.2 Å². The van der Waals surface area contributed by atoms with Crippen LogP contribution in [0.15, 0.2) is 41.5 Å². The summed E-state index contributed by atoms with van der Waals surface area (Å²) in [7, 11) is -4.89. The Morgan fingerprint density at radius 3 is 2.32 bits per heavy atom. The molecule has 6 rings (SSSR count). The van der Waals surface area contributed by atoms with Gasteiger partial charge in [0.05, 0.1) is 29.6 Å². The highest BCUT2D eigenvalue weighted by molar-refractivity contribution is 6.89. The van der Waals surface area contributed by atoms with Crippen molar-refractivity contribution in [1.29, 1.82) is 0 Å². The molecule has 240 valence electrons. The van der Waals surface area contributed by atoms with E-state index in [1.807, 2.05) is 26.8 Å². The minimum atomic E-state index is -2.46. The van der Waals surface area contributed by atoms with Crippen LogP contribution in [0.5, 0.6) is 0 Å². The SMILES string of the molecule is CC(=O)OC12CO[C@@H]1CC1O[Si](C)(C)C[Si](C)(C)OC3C(=O)[C@@]1(C)C2[C@H](OC(=O)c1ccccc1)[C@@]1(O)CC3=C(C)[C@@H](C)C1. The van der Waals surface area contributed by atoms with Gasteiger partial charge in [-0.1, -0.05) is 30.7 Å². The van der Waals surface area contributed by atoms with E-state index in [0.29, 0.717) is 18.4 Å². The van der Waals surface area contributed by atoms with Gasteiger partial charge < -0.3 is 28.2 Å². The molecule has 3 aliphatic carbocycles. The number of hydrogen-bond acceptors (Lipinski definition) is 9. The number of ether oxygens (including phenoxy) is 3. The molecule has 2 saturated heterocycles. The van der Waals surface area contributed by atoms with Gasteiger partial charge in [0.25, 0.3) is 0 Å². The molecule has 0 spiro atoms. The Morgan fingerprint density at radius 2 is 1.70 bits per heavy atom. The zero-order chi connectivity index (χ0) is 32.0. The average molecular weight is 643 g/mol. The number of aliphatic hydroxyl groups is 1. The smallest absolute Gasteiger partial charge is 0.338 e. The lowest BCUT2D eigenvalue weighted by molar-refractivity contribution is -0.339. The Hall–Kier alpha value is -2.16. The number of carbonyl (C=O) groups is 3. The molecule has 11 heteroatoms. The van der Waals surface area contributed by atoms with Crippen molar-refractivity contribution in [2.75, 3.05) is 6.61 Å². The molecule has 4 bridgehead atoms. The number of esters is 2. The summed E-state index contributed by atoms with van der Waals surface area (Å²) >= 11 is 0. The average Bonchev–Trinajstić information content (AvgIpc) is 2.93. The normalized spacial score (nSPS) is 42.2. The van der Waals surface area contributed by atoms with Gasteiger partial charge in [-0.3, -0.25) is 9.59 Å². The molecule has 2 heterocycles. The monoisotopic (exact) mass is 642 g/mol. The van der Waals surface area contributed by atoms with E-state index < -0.39 is 75.5 Å². The summed E-state index contributed by atoms with van der Waals surface area (Å²) in [5, 5.41) is 12.9. The molecule has 5 aliphatic rings. The molecule has 2 aliphatic heterocycles. The molecule has 1 N–H and O–H groups in total. The van der Waals surface area contributed by atoms with Crippen molar-refractivity contribution in [1.82, 2.24) is 0 Å². The summed E-state index contributed by atoms with van der Waals surface area (Å²) in [6.07, 6.45) is -2.55. The topological polar surface area (TPSA) is 118 Å². The van der Waals surface area contributed by atoms with Crippen LogP contribution in [0.2, 0.25) is 31.9 Å². The highest BCUT2D eigenvalue weighted by Crippen LogP contribution is 2.62. The third-order valence-electron chi connectivity index (χ3n) is 11.0. The first-order valence-corrected chi connectivity index (χ1v) is 22.0. The van der Waals surface area contributed by atoms with Gasteiger partial charge in [0.2, 0.25) is 0 Å². The van der Waals surface area contributed by atoms with Crippen LogP contribution in [0.4, 0.5) is 0 Å². The van der Waals surface area contributed by atoms with Gasteiger partial charge >= 0.3 is 11.9 Å². The third-order valence-corrected chi connectivity index (χ3v) is 19.6. The Kier molecular flexibility index (Phi) is 7.54. The van der Waals surface area contributed by atoms with Crippen LogP contribution in [0.1, 0.15) is 57.3 Å². The fourth-order valence-corrected chi connectivity index (χ4v) is 20.1. The van der Waals surface area contributed by atoms with Crippen molar-refractivity contribution in [3.05, 3.63) is 47.0 Å². The second-order valence-corrected chi connectivity index (χ2v) is 24.2. The van der Waals surface area contributed by atoms with E-state index in [-0.39, 0.29) is 24.7 Å². The quantitative estimate of drug-likeness (QED) is 0.284. The maximum absolute atomic E-state index is 15.4. The summed E-state index contributed by atoms with van der Waals surface area (Å²) in [4.78, 5) is 42.1. The number of fused-ring (bicyclic) bond motifs is 6. The first-order valence-electron chi connectivity index (χ1n) is 15.8. The molecule has 9 nitrogen and oxygen atoms in total. The number of carbonyl (C=O) groups excluding carboxylic acids is 3. The maximum atomic E-state index is 15.4. The zero-order valence-corrected chi connectivity index (χ0v) is 29.1. The molecule has 0 aromatic heterocycles. The summed E-state index contributed by atoms with van der Waals surface area (Å²) in [5.74, 6) is -2.36. The van der Waals surface area contributed by atoms with Crippen LogP contribution in [0.25, 0.3) is 0 Å². The van der Waals surface area contributed by atoms with E-state index in [4.69, 9.17) is 23.1 Å². The van der Waals surface area contributed by atoms with Crippen LogP contribution in [-0.2, 0) is 32.7 Å². The third kappa shape index (κ3) is 4.89. The van der Waals surface area contributed by atoms with E-state index >= 15 is 4.79 Å². The largest absolute Gasteiger partial charge is 0.455 e. The zero-order valence-electron chi connectivity index (χ0n) is 27.1. The lowest BCUT2D eigenvalue weighted by atomic mass is 9.48. The number of allylic oxidation sites excluding steroid dienone is 1. The van der Waals surface area contributed by atoms with Crippen LogP contribution in [0.3, 0.4) is 0 Å². The molecular formula is C33H46O9Si2. The minimum absolute atomic E-state index is 0.0246. The highest BCUT2D eigenvalue weighted by Gasteiger charge is 2.76. The number of ketones is 1. The molecule has 0 radical (unpaired) electrons. The minimum Gasteiger partial charge on any atom is -0.455 e. The summed E-state index contributed by atoms with van der Waals surface area (Å²) in [6, 6.07) is 8.64. The summed E-state index contributed by atoms with van der Waals surface area (Å²) in [5.41, 5.74) is -1.32. The molecule has 2 saturated carbocycles. The van der Waals surface area contributed by atoms with Gasteiger partial charge in [-0.2, -0.15) is 0 Å². The standard InChI is InChI=1S/C33H46O9Si2/c1-19-15-32(37)16-23(20(19)2)26-28(35)31(4)24(41-43(5,6)18-44(7,8)42-26)14-25-33(17-38-25,40-21(3)34)27(31)29(32)39-30(36)22-12-10-9-11-13-22/h9-13,19,24-27,29,37H,14-18H2,1-8H3/t19-,24?,25+,26?,27?,29-,31+,32-,33?/m0/s1. The first kappa shape index (κ1) is 31.8. The maximum Gasteiger partial charge on any atom is 0.338 e. The van der Waals surface area contributed by atoms with Crippen molar-refractivity contribution >= 4 is 34.4 Å². The van der Waals surface area contributed by atoms with E-state index in [1.165, 1.54) is 6.92 Å². The Labute approximate surface area is 261 Å². The van der Waals surface area contributed by atoms with E-state index in [1.54, 1.807) is 24.3 Å².